The number of ketones is 1. The van der Waals surface area contributed by atoms with Gasteiger partial charge in [0, 0.05) is 12.0 Å². The summed E-state index contributed by atoms with van der Waals surface area (Å²) in [5.41, 5.74) is 2.46. The quantitative estimate of drug-likeness (QED) is 0.784. The second kappa shape index (κ2) is 6.41. The molecular formula is C19H13FN4O2. The largest absolute Gasteiger partial charge is 0.384 e. The number of nitrogens with one attached hydrogen (secondary N) is 1. The van der Waals surface area contributed by atoms with Crippen LogP contribution in [0.1, 0.15) is 23.7 Å². The van der Waals surface area contributed by atoms with E-state index < -0.39 is 23.6 Å². The SMILES string of the molecule is N#C[C@@H](C(=O)[C@H]1CC(c2cccc(F)c2)=NO1)c1nc2ccccc2[nH]1. The third-order valence-corrected chi connectivity index (χ3v) is 4.24. The minimum absolute atomic E-state index is 0.181. The molecule has 0 spiro atoms. The molecule has 26 heavy (non-hydrogen) atoms. The van der Waals surface area contributed by atoms with Gasteiger partial charge in [-0.15, -0.1) is 0 Å². The first-order valence-electron chi connectivity index (χ1n) is 8.02. The molecule has 1 aliphatic rings. The van der Waals surface area contributed by atoms with Gasteiger partial charge in [-0.3, -0.25) is 4.79 Å². The van der Waals surface area contributed by atoms with Crippen molar-refractivity contribution in [1.82, 2.24) is 9.97 Å². The van der Waals surface area contributed by atoms with E-state index in [1.807, 2.05) is 24.3 Å². The maximum atomic E-state index is 13.4. The number of aromatic amines is 1. The molecule has 0 amide bonds. The summed E-state index contributed by atoms with van der Waals surface area (Å²) in [4.78, 5) is 25.3. The average Bonchev–Trinajstić information content (AvgIpc) is 3.29. The van der Waals surface area contributed by atoms with Crippen LogP contribution >= 0.6 is 0 Å². The Labute approximate surface area is 147 Å². The predicted octanol–water partition coefficient (Wildman–Crippen LogP) is 3.07. The fourth-order valence-electron chi connectivity index (χ4n) is 2.92. The van der Waals surface area contributed by atoms with Gasteiger partial charge in [-0.05, 0) is 24.3 Å². The Morgan fingerprint density at radius 1 is 1.31 bits per heavy atom. The summed E-state index contributed by atoms with van der Waals surface area (Å²) in [6.45, 7) is 0. The Morgan fingerprint density at radius 3 is 2.92 bits per heavy atom. The molecule has 6 nitrogen and oxygen atoms in total. The van der Waals surface area contributed by atoms with Crippen LogP contribution in [0, 0.1) is 17.1 Å². The highest BCUT2D eigenvalue weighted by molar-refractivity contribution is 6.05. The Hall–Kier alpha value is -3.53. The lowest BCUT2D eigenvalue weighted by molar-refractivity contribution is -0.129. The molecule has 2 heterocycles. The molecule has 0 radical (unpaired) electrons. The van der Waals surface area contributed by atoms with Crippen molar-refractivity contribution in [2.45, 2.75) is 18.4 Å². The molecule has 0 aliphatic carbocycles. The first-order chi connectivity index (χ1) is 12.7. The molecule has 3 aromatic rings. The van der Waals surface area contributed by atoms with E-state index in [0.717, 1.165) is 5.52 Å². The van der Waals surface area contributed by atoms with Gasteiger partial charge in [-0.1, -0.05) is 29.4 Å². The fraction of sp³-hybridized carbons (Fsp3) is 0.158. The van der Waals surface area contributed by atoms with Gasteiger partial charge in [0.25, 0.3) is 0 Å². The van der Waals surface area contributed by atoms with Crippen molar-refractivity contribution in [3.05, 3.63) is 65.7 Å². The van der Waals surface area contributed by atoms with E-state index in [1.54, 1.807) is 18.2 Å². The van der Waals surface area contributed by atoms with Crippen LogP contribution in [-0.4, -0.2) is 27.6 Å². The number of carbonyl (C=O) groups excluding carboxylic acids is 1. The number of nitrogens with zero attached hydrogens (tertiary/aromatic N) is 3. The molecule has 0 saturated heterocycles. The number of fused-ring (bicyclic) bond motifs is 1. The molecule has 0 unspecified atom stereocenters. The zero-order chi connectivity index (χ0) is 18.1. The van der Waals surface area contributed by atoms with Crippen molar-refractivity contribution in [2.24, 2.45) is 5.16 Å². The second-order valence-corrected chi connectivity index (χ2v) is 5.95. The number of H-pyrrole nitrogens is 1. The number of aromatic nitrogens is 2. The van der Waals surface area contributed by atoms with E-state index in [2.05, 4.69) is 15.1 Å². The van der Waals surface area contributed by atoms with Gasteiger partial charge < -0.3 is 9.82 Å². The number of rotatable bonds is 4. The van der Waals surface area contributed by atoms with Gasteiger partial charge in [-0.25, -0.2) is 9.37 Å². The lowest BCUT2D eigenvalue weighted by Gasteiger charge is -2.10. The summed E-state index contributed by atoms with van der Waals surface area (Å²) in [5.74, 6) is -1.63. The molecule has 0 fully saturated rings. The van der Waals surface area contributed by atoms with Gasteiger partial charge >= 0.3 is 0 Å². The standard InChI is InChI=1S/C19H13FN4O2/c20-12-5-3-4-11(8-12)16-9-17(26-24-16)18(25)13(10-21)19-22-14-6-1-2-7-15(14)23-19/h1-8,13,17H,9H2,(H,22,23)/t13-,17+/m0/s1. The van der Waals surface area contributed by atoms with Crippen molar-refractivity contribution in [2.75, 3.05) is 0 Å². The van der Waals surface area contributed by atoms with Crippen LogP contribution in [0.3, 0.4) is 0 Å². The molecular weight excluding hydrogens is 335 g/mol. The lowest BCUT2D eigenvalue weighted by atomic mass is 9.95. The molecule has 128 valence electrons. The van der Waals surface area contributed by atoms with E-state index in [9.17, 15) is 14.4 Å². The Balaban J connectivity index is 1.54. The molecule has 2 aromatic carbocycles. The highest BCUT2D eigenvalue weighted by Gasteiger charge is 2.36. The number of halogens is 1. The Bertz CT molecular complexity index is 1030. The van der Waals surface area contributed by atoms with Gasteiger partial charge in [0.1, 0.15) is 11.6 Å². The van der Waals surface area contributed by atoms with Crippen LogP contribution in [0.15, 0.2) is 53.7 Å². The van der Waals surface area contributed by atoms with Crippen molar-refractivity contribution in [1.29, 1.82) is 5.26 Å². The number of Topliss-reactive ketones (excluding diaryl/α,β-unsaturated/α-hetero) is 1. The molecule has 1 aromatic heterocycles. The molecule has 2 atom stereocenters. The zero-order valence-corrected chi connectivity index (χ0v) is 13.5. The van der Waals surface area contributed by atoms with E-state index in [4.69, 9.17) is 4.84 Å². The van der Waals surface area contributed by atoms with Crippen LogP contribution in [0.25, 0.3) is 11.0 Å². The summed E-state index contributed by atoms with van der Waals surface area (Å²) in [6.07, 6.45) is -0.716. The first-order valence-corrected chi connectivity index (χ1v) is 8.02. The number of nitriles is 1. The normalized spacial score (nSPS) is 17.4. The summed E-state index contributed by atoms with van der Waals surface area (Å²) in [7, 11) is 0. The third kappa shape index (κ3) is 2.82. The van der Waals surface area contributed by atoms with Gasteiger partial charge in [0.05, 0.1) is 22.8 Å². The topological polar surface area (TPSA) is 91.1 Å². The van der Waals surface area contributed by atoms with Crippen molar-refractivity contribution < 1.29 is 14.0 Å². The maximum absolute atomic E-state index is 13.4. The smallest absolute Gasteiger partial charge is 0.201 e. The van der Waals surface area contributed by atoms with Crippen LogP contribution in [0.2, 0.25) is 0 Å². The molecule has 4 rings (SSSR count). The van der Waals surface area contributed by atoms with Crippen LogP contribution in [0.5, 0.6) is 0 Å². The van der Waals surface area contributed by atoms with Crippen LogP contribution in [0.4, 0.5) is 4.39 Å². The Kier molecular flexibility index (Phi) is 3.93. The zero-order valence-electron chi connectivity index (χ0n) is 13.5. The summed E-state index contributed by atoms with van der Waals surface area (Å²) >= 11 is 0. The number of oxime groups is 1. The Morgan fingerprint density at radius 2 is 2.15 bits per heavy atom. The molecule has 1 aliphatic heterocycles. The van der Waals surface area contributed by atoms with Gasteiger partial charge in [-0.2, -0.15) is 5.26 Å². The highest BCUT2D eigenvalue weighted by atomic mass is 19.1. The van der Waals surface area contributed by atoms with Crippen LogP contribution in [-0.2, 0) is 9.63 Å². The minimum Gasteiger partial charge on any atom is -0.384 e. The van der Waals surface area contributed by atoms with E-state index in [0.29, 0.717) is 16.8 Å². The monoisotopic (exact) mass is 348 g/mol. The summed E-state index contributed by atoms with van der Waals surface area (Å²) < 4.78 is 13.4. The predicted molar refractivity (Wildman–Crippen MR) is 91.9 cm³/mol. The van der Waals surface area contributed by atoms with Crippen molar-refractivity contribution in [3.63, 3.8) is 0 Å². The average molecular weight is 348 g/mol. The number of para-hydroxylation sites is 2. The number of imidazole rings is 1. The maximum Gasteiger partial charge on any atom is 0.201 e. The molecule has 0 bridgehead atoms. The van der Waals surface area contributed by atoms with Gasteiger partial charge in [0.2, 0.25) is 5.78 Å². The number of hydrogen-bond acceptors (Lipinski definition) is 5. The second-order valence-electron chi connectivity index (χ2n) is 5.95. The highest BCUT2D eigenvalue weighted by Crippen LogP contribution is 2.25. The van der Waals surface area contributed by atoms with Crippen molar-refractivity contribution >= 4 is 22.5 Å². The number of carbonyl (C=O) groups is 1. The first kappa shape index (κ1) is 16.0. The summed E-state index contributed by atoms with van der Waals surface area (Å²) in [5, 5.41) is 13.4. The van der Waals surface area contributed by atoms with Crippen LogP contribution < -0.4 is 0 Å². The minimum atomic E-state index is -1.09. The number of benzene rings is 2. The fourth-order valence-corrected chi connectivity index (χ4v) is 2.92. The third-order valence-electron chi connectivity index (χ3n) is 4.24. The number of hydrogen-bond donors (Lipinski definition) is 1. The lowest BCUT2D eigenvalue weighted by Crippen LogP contribution is -2.27. The van der Waals surface area contributed by atoms with E-state index >= 15 is 0 Å². The van der Waals surface area contributed by atoms with Gasteiger partial charge in [0.15, 0.2) is 12.0 Å². The molecule has 0 saturated carbocycles. The summed E-state index contributed by atoms with van der Waals surface area (Å²) in [6, 6.07) is 15.2. The molecule has 7 heteroatoms. The molecule has 1 N–H and O–H groups in total. The van der Waals surface area contributed by atoms with Crippen molar-refractivity contribution in [3.8, 4) is 6.07 Å². The van der Waals surface area contributed by atoms with E-state index in [1.165, 1.54) is 12.1 Å². The van der Waals surface area contributed by atoms with E-state index in [-0.39, 0.29) is 12.2 Å².